The van der Waals surface area contributed by atoms with E-state index in [0.29, 0.717) is 11.5 Å². The van der Waals surface area contributed by atoms with Crippen LogP contribution in [0.1, 0.15) is 23.6 Å². The van der Waals surface area contributed by atoms with Crippen molar-refractivity contribution in [3.63, 3.8) is 0 Å². The van der Waals surface area contributed by atoms with Crippen LogP contribution in [0.3, 0.4) is 0 Å². The molecule has 0 bridgehead atoms. The Balaban J connectivity index is 2.43. The molecule has 0 saturated heterocycles. The van der Waals surface area contributed by atoms with E-state index in [4.69, 9.17) is 9.47 Å². The van der Waals surface area contributed by atoms with Crippen molar-refractivity contribution in [1.82, 2.24) is 0 Å². The van der Waals surface area contributed by atoms with Gasteiger partial charge < -0.3 is 14.6 Å². The Morgan fingerprint density at radius 1 is 0.731 bits per heavy atom. The van der Waals surface area contributed by atoms with Crippen LogP contribution in [0, 0.1) is 0 Å². The second-order valence-corrected chi connectivity index (χ2v) is 6.26. The van der Waals surface area contributed by atoms with Crippen molar-refractivity contribution in [2.24, 2.45) is 0 Å². The van der Waals surface area contributed by atoms with Gasteiger partial charge in [0.15, 0.2) is 11.5 Å². The first-order chi connectivity index (χ1) is 12.7. The monoisotopic (exact) mass is 348 g/mol. The van der Waals surface area contributed by atoms with Crippen molar-refractivity contribution in [2.45, 2.75) is 18.4 Å². The molecule has 0 heterocycles. The summed E-state index contributed by atoms with van der Waals surface area (Å²) in [6.45, 7) is 1.82. The van der Waals surface area contributed by atoms with Gasteiger partial charge in [0.05, 0.1) is 25.7 Å². The molecule has 3 aromatic carbocycles. The number of ether oxygens (including phenoxy) is 2. The van der Waals surface area contributed by atoms with Crippen molar-refractivity contribution >= 4 is 0 Å². The summed E-state index contributed by atoms with van der Waals surface area (Å²) in [6.07, 6.45) is -0.701. The van der Waals surface area contributed by atoms with Gasteiger partial charge in [-0.15, -0.1) is 0 Å². The number of aliphatic hydroxyl groups excluding tert-OH is 1. The van der Waals surface area contributed by atoms with E-state index in [2.05, 4.69) is 0 Å². The molecule has 0 aliphatic rings. The quantitative estimate of drug-likeness (QED) is 0.670. The highest BCUT2D eigenvalue weighted by Gasteiger charge is 2.43. The molecule has 0 aromatic heterocycles. The highest BCUT2D eigenvalue weighted by atomic mass is 16.5. The van der Waals surface area contributed by atoms with Gasteiger partial charge in [-0.1, -0.05) is 72.8 Å². The molecule has 134 valence electrons. The first kappa shape index (κ1) is 18.0. The zero-order valence-electron chi connectivity index (χ0n) is 15.3. The molecule has 26 heavy (non-hydrogen) atoms. The highest BCUT2D eigenvalue weighted by molar-refractivity contribution is 5.60. The summed E-state index contributed by atoms with van der Waals surface area (Å²) < 4.78 is 11.2. The van der Waals surface area contributed by atoms with Crippen molar-refractivity contribution < 1.29 is 14.6 Å². The Hall–Kier alpha value is -2.78. The molecule has 1 atom stereocenters. The molecule has 0 fully saturated rings. The predicted octanol–water partition coefficient (Wildman–Crippen LogP) is 4.42. The molecule has 0 aliphatic carbocycles. The molecule has 1 unspecified atom stereocenters. The molecular formula is C23H24O3. The summed E-state index contributed by atoms with van der Waals surface area (Å²) in [7, 11) is 3.25. The Morgan fingerprint density at radius 3 is 1.69 bits per heavy atom. The van der Waals surface area contributed by atoms with Gasteiger partial charge in [0, 0.05) is 5.56 Å². The van der Waals surface area contributed by atoms with Gasteiger partial charge in [0.25, 0.3) is 0 Å². The lowest BCUT2D eigenvalue weighted by Gasteiger charge is -2.39. The lowest BCUT2D eigenvalue weighted by atomic mass is 9.66. The number of para-hydroxylation sites is 1. The molecule has 3 heteroatoms. The van der Waals surface area contributed by atoms with E-state index >= 15 is 0 Å². The molecule has 0 radical (unpaired) electrons. The minimum absolute atomic E-state index is 0.628. The van der Waals surface area contributed by atoms with Crippen LogP contribution < -0.4 is 9.47 Å². The standard InChI is InChI=1S/C23H24O3/c1-17(24)23(18-11-6-4-7-12-18,19-13-8-5-9-14-19)20-15-10-16-21(25-2)22(20)26-3/h4-17,24H,1-3H3. The fraction of sp³-hybridized carbons (Fsp3) is 0.217. The molecule has 0 spiro atoms. The van der Waals surface area contributed by atoms with Gasteiger partial charge in [0.1, 0.15) is 0 Å². The maximum absolute atomic E-state index is 11.1. The summed E-state index contributed by atoms with van der Waals surface area (Å²) in [5.41, 5.74) is 2.06. The van der Waals surface area contributed by atoms with Gasteiger partial charge in [-0.25, -0.2) is 0 Å². The van der Waals surface area contributed by atoms with Crippen molar-refractivity contribution in [1.29, 1.82) is 0 Å². The molecule has 3 nitrogen and oxygen atoms in total. The first-order valence-electron chi connectivity index (χ1n) is 8.66. The summed E-state index contributed by atoms with van der Waals surface area (Å²) in [4.78, 5) is 0. The first-order valence-corrected chi connectivity index (χ1v) is 8.66. The fourth-order valence-corrected chi connectivity index (χ4v) is 3.78. The van der Waals surface area contributed by atoms with Gasteiger partial charge in [-0.05, 0) is 24.1 Å². The average molecular weight is 348 g/mol. The summed E-state index contributed by atoms with van der Waals surface area (Å²) >= 11 is 0. The van der Waals surface area contributed by atoms with E-state index in [9.17, 15) is 5.11 Å². The van der Waals surface area contributed by atoms with Crippen LogP contribution in [0.2, 0.25) is 0 Å². The highest BCUT2D eigenvalue weighted by Crippen LogP contribution is 2.48. The largest absolute Gasteiger partial charge is 0.493 e. The lowest BCUT2D eigenvalue weighted by molar-refractivity contribution is 0.138. The van der Waals surface area contributed by atoms with E-state index in [1.54, 1.807) is 14.2 Å². The summed E-state index contributed by atoms with van der Waals surface area (Å²) in [5.74, 6) is 1.27. The molecule has 0 saturated carbocycles. The van der Waals surface area contributed by atoms with Gasteiger partial charge in [-0.2, -0.15) is 0 Å². The number of rotatable bonds is 6. The van der Waals surface area contributed by atoms with Crippen LogP contribution in [-0.4, -0.2) is 25.4 Å². The zero-order chi connectivity index (χ0) is 18.6. The van der Waals surface area contributed by atoms with Gasteiger partial charge in [0.2, 0.25) is 0 Å². The number of benzene rings is 3. The van der Waals surface area contributed by atoms with Crippen molar-refractivity contribution in [3.05, 3.63) is 95.6 Å². The molecule has 1 N–H and O–H groups in total. The Labute approximate surface area is 154 Å². The summed E-state index contributed by atoms with van der Waals surface area (Å²) in [5, 5.41) is 11.1. The number of methoxy groups -OCH3 is 2. The number of hydrogen-bond donors (Lipinski definition) is 1. The van der Waals surface area contributed by atoms with Crippen LogP contribution in [-0.2, 0) is 5.41 Å². The molecule has 0 amide bonds. The SMILES string of the molecule is COc1cccc(C(c2ccccc2)(c2ccccc2)C(C)O)c1OC. The smallest absolute Gasteiger partial charge is 0.165 e. The lowest BCUT2D eigenvalue weighted by Crippen LogP contribution is -2.40. The van der Waals surface area contributed by atoms with Gasteiger partial charge >= 0.3 is 0 Å². The molecule has 3 rings (SSSR count). The van der Waals surface area contributed by atoms with Gasteiger partial charge in [-0.3, -0.25) is 0 Å². The molecule has 0 aliphatic heterocycles. The maximum Gasteiger partial charge on any atom is 0.165 e. The Bertz CT molecular complexity index is 802. The van der Waals surface area contributed by atoms with Crippen LogP contribution in [0.15, 0.2) is 78.9 Å². The van der Waals surface area contributed by atoms with Crippen molar-refractivity contribution in [2.75, 3.05) is 14.2 Å². The third-order valence-corrected chi connectivity index (χ3v) is 4.91. The zero-order valence-corrected chi connectivity index (χ0v) is 15.3. The van der Waals surface area contributed by atoms with E-state index in [1.165, 1.54) is 0 Å². The van der Waals surface area contributed by atoms with E-state index in [-0.39, 0.29) is 0 Å². The van der Waals surface area contributed by atoms with Crippen LogP contribution in [0.4, 0.5) is 0 Å². The number of aliphatic hydroxyl groups is 1. The average Bonchev–Trinajstić information content (AvgIpc) is 2.69. The van der Waals surface area contributed by atoms with Crippen LogP contribution in [0.5, 0.6) is 11.5 Å². The van der Waals surface area contributed by atoms with Crippen LogP contribution in [0.25, 0.3) is 0 Å². The second-order valence-electron chi connectivity index (χ2n) is 6.26. The topological polar surface area (TPSA) is 38.7 Å². The van der Waals surface area contributed by atoms with Crippen LogP contribution >= 0.6 is 0 Å². The fourth-order valence-electron chi connectivity index (χ4n) is 3.78. The van der Waals surface area contributed by atoms with E-state index in [0.717, 1.165) is 16.7 Å². The molecular weight excluding hydrogens is 324 g/mol. The normalized spacial score (nSPS) is 12.5. The predicted molar refractivity (Wildman–Crippen MR) is 104 cm³/mol. The van der Waals surface area contributed by atoms with E-state index in [1.807, 2.05) is 85.8 Å². The Kier molecular flexibility index (Phi) is 5.29. The van der Waals surface area contributed by atoms with E-state index < -0.39 is 11.5 Å². The summed E-state index contributed by atoms with van der Waals surface area (Å²) in [6, 6.07) is 25.9. The minimum atomic E-state index is -0.789. The third kappa shape index (κ3) is 2.85. The maximum atomic E-state index is 11.1. The van der Waals surface area contributed by atoms with Crippen molar-refractivity contribution in [3.8, 4) is 11.5 Å². The third-order valence-electron chi connectivity index (χ3n) is 4.91. The minimum Gasteiger partial charge on any atom is -0.493 e. The number of hydrogen-bond acceptors (Lipinski definition) is 3. The Morgan fingerprint density at radius 2 is 1.27 bits per heavy atom. The second kappa shape index (κ2) is 7.63. The molecule has 3 aromatic rings.